The molecule has 1 aromatic carbocycles. The van der Waals surface area contributed by atoms with Gasteiger partial charge in [-0.25, -0.2) is 0 Å². The number of hydrogen-bond acceptors (Lipinski definition) is 8. The molecular weight excluding hydrogens is 328 g/mol. The van der Waals surface area contributed by atoms with Crippen LogP contribution in [0.15, 0.2) is 24.3 Å². The number of anilines is 1. The number of hydrogen-bond donors (Lipinski definition) is 2. The van der Waals surface area contributed by atoms with Crippen molar-refractivity contribution in [1.29, 1.82) is 0 Å². The Labute approximate surface area is 142 Å². The van der Waals surface area contributed by atoms with Gasteiger partial charge in [-0.05, 0) is 13.0 Å². The fourth-order valence-electron chi connectivity index (χ4n) is 2.31. The number of nitrogens with zero attached hydrogens (tertiary/aromatic N) is 4. The van der Waals surface area contributed by atoms with E-state index in [-0.39, 0.29) is 0 Å². The van der Waals surface area contributed by atoms with Crippen molar-refractivity contribution in [2.24, 2.45) is 0 Å². The van der Waals surface area contributed by atoms with Crippen LogP contribution < -0.4 is 10.6 Å². The first-order chi connectivity index (χ1) is 11.3. The zero-order chi connectivity index (χ0) is 15.6. The Bertz CT molecular complexity index is 808. The van der Waals surface area contributed by atoms with Crippen molar-refractivity contribution in [3.8, 4) is 11.4 Å². The third-order valence-electron chi connectivity index (χ3n) is 3.71. The summed E-state index contributed by atoms with van der Waals surface area (Å²) in [7, 11) is 0. The molecule has 0 spiro atoms. The van der Waals surface area contributed by atoms with Gasteiger partial charge in [0, 0.05) is 36.1 Å². The van der Waals surface area contributed by atoms with E-state index in [1.807, 2.05) is 12.1 Å². The molecule has 0 unspecified atom stereocenters. The van der Waals surface area contributed by atoms with Gasteiger partial charge in [0.15, 0.2) is 5.82 Å². The predicted octanol–water partition coefficient (Wildman–Crippen LogP) is 2.66. The molecule has 23 heavy (non-hydrogen) atoms. The summed E-state index contributed by atoms with van der Waals surface area (Å²) in [6.45, 7) is 4.73. The molecule has 1 saturated heterocycles. The fourth-order valence-corrected chi connectivity index (χ4v) is 3.78. The Morgan fingerprint density at radius 1 is 1.30 bits per heavy atom. The smallest absolute Gasteiger partial charge is 0.203 e. The maximum Gasteiger partial charge on any atom is 0.203 e. The fraction of sp³-hybridized carbons (Fsp3) is 0.333. The summed E-state index contributed by atoms with van der Waals surface area (Å²) in [5.41, 5.74) is 2.25. The molecule has 0 atom stereocenters. The van der Waals surface area contributed by atoms with Crippen molar-refractivity contribution in [1.82, 2.24) is 24.9 Å². The Morgan fingerprint density at radius 2 is 2.22 bits per heavy atom. The first-order valence-corrected chi connectivity index (χ1v) is 9.04. The van der Waals surface area contributed by atoms with Crippen molar-refractivity contribution in [2.45, 2.75) is 19.4 Å². The molecule has 1 aliphatic heterocycles. The number of aromatic nitrogens is 4. The summed E-state index contributed by atoms with van der Waals surface area (Å²) in [5.74, 6) is 1.30. The van der Waals surface area contributed by atoms with E-state index in [1.54, 1.807) is 11.3 Å². The molecule has 1 aliphatic rings. The van der Waals surface area contributed by atoms with Crippen LogP contribution in [0, 0.1) is 6.92 Å². The summed E-state index contributed by atoms with van der Waals surface area (Å²) in [6.07, 6.45) is 0. The minimum absolute atomic E-state index is 0.538. The molecule has 3 aromatic rings. The van der Waals surface area contributed by atoms with Crippen LogP contribution in [0.5, 0.6) is 0 Å². The van der Waals surface area contributed by atoms with E-state index in [4.69, 9.17) is 0 Å². The second kappa shape index (κ2) is 6.31. The van der Waals surface area contributed by atoms with Crippen LogP contribution in [0.2, 0.25) is 0 Å². The van der Waals surface area contributed by atoms with Gasteiger partial charge in [0.2, 0.25) is 5.13 Å². The molecule has 2 N–H and O–H groups in total. The molecule has 0 saturated carbocycles. The van der Waals surface area contributed by atoms with Crippen molar-refractivity contribution in [3.63, 3.8) is 0 Å². The zero-order valence-electron chi connectivity index (χ0n) is 12.6. The quantitative estimate of drug-likeness (QED) is 0.741. The molecule has 118 valence electrons. The van der Waals surface area contributed by atoms with Gasteiger partial charge in [0.1, 0.15) is 10.0 Å². The average molecular weight is 344 g/mol. The van der Waals surface area contributed by atoms with Gasteiger partial charge in [-0.3, -0.25) is 0 Å². The highest BCUT2D eigenvalue weighted by Crippen LogP contribution is 2.25. The lowest BCUT2D eigenvalue weighted by molar-refractivity contribution is 0.444. The highest BCUT2D eigenvalue weighted by Gasteiger charge is 2.22. The van der Waals surface area contributed by atoms with Crippen LogP contribution in [-0.4, -0.2) is 32.6 Å². The summed E-state index contributed by atoms with van der Waals surface area (Å²) in [6, 6.07) is 8.22. The van der Waals surface area contributed by atoms with Crippen molar-refractivity contribution in [3.05, 3.63) is 39.8 Å². The topological polar surface area (TPSA) is 75.6 Å². The first kappa shape index (κ1) is 14.7. The molecule has 1 fully saturated rings. The monoisotopic (exact) mass is 344 g/mol. The molecule has 0 bridgehead atoms. The van der Waals surface area contributed by atoms with Crippen molar-refractivity contribution < 1.29 is 0 Å². The zero-order valence-corrected chi connectivity index (χ0v) is 14.2. The minimum atomic E-state index is 0.538. The Kier molecular flexibility index (Phi) is 4.02. The van der Waals surface area contributed by atoms with E-state index in [0.29, 0.717) is 12.5 Å². The third kappa shape index (κ3) is 3.24. The molecular formula is C15H16N6S2. The highest BCUT2D eigenvalue weighted by molar-refractivity contribution is 7.11. The van der Waals surface area contributed by atoms with Crippen LogP contribution >= 0.6 is 22.9 Å². The summed E-state index contributed by atoms with van der Waals surface area (Å²) in [4.78, 5) is 4.55. The molecule has 3 heterocycles. The van der Waals surface area contributed by atoms with Crippen molar-refractivity contribution >= 4 is 28.0 Å². The summed E-state index contributed by atoms with van der Waals surface area (Å²) < 4.78 is 4.42. The molecule has 6 nitrogen and oxygen atoms in total. The van der Waals surface area contributed by atoms with E-state index in [2.05, 4.69) is 49.2 Å². The molecule has 0 amide bonds. The highest BCUT2D eigenvalue weighted by atomic mass is 32.1. The van der Waals surface area contributed by atoms with E-state index < -0.39 is 0 Å². The SMILES string of the molecule is Cc1cccc(-c2nsc(NCc3nnc(C4CNC4)s3)n2)c1. The van der Waals surface area contributed by atoms with Crippen LogP contribution in [0.4, 0.5) is 5.13 Å². The van der Waals surface area contributed by atoms with Gasteiger partial charge < -0.3 is 10.6 Å². The van der Waals surface area contributed by atoms with Gasteiger partial charge in [-0.2, -0.15) is 9.36 Å². The lowest BCUT2D eigenvalue weighted by Gasteiger charge is -2.23. The van der Waals surface area contributed by atoms with Gasteiger partial charge in [0.05, 0.1) is 6.54 Å². The Morgan fingerprint density at radius 3 is 3.00 bits per heavy atom. The largest absolute Gasteiger partial charge is 0.354 e. The second-order valence-corrected chi connectivity index (χ2v) is 7.38. The maximum atomic E-state index is 4.55. The van der Waals surface area contributed by atoms with Crippen LogP contribution in [-0.2, 0) is 6.54 Å². The standard InChI is InChI=1S/C15H16N6S2/c1-9-3-2-4-10(5-9)13-18-15(23-21-13)17-8-12-19-20-14(22-12)11-6-16-7-11/h2-5,11,16H,6-8H2,1H3,(H,17,18,21). The molecule has 4 rings (SSSR count). The van der Waals surface area contributed by atoms with Gasteiger partial charge in [-0.1, -0.05) is 35.1 Å². The first-order valence-electron chi connectivity index (χ1n) is 7.45. The van der Waals surface area contributed by atoms with Crippen LogP contribution in [0.1, 0.15) is 21.5 Å². The molecule has 8 heteroatoms. The van der Waals surface area contributed by atoms with E-state index >= 15 is 0 Å². The van der Waals surface area contributed by atoms with Gasteiger partial charge in [-0.15, -0.1) is 10.2 Å². The normalized spacial score (nSPS) is 14.7. The number of nitrogens with one attached hydrogen (secondary N) is 2. The molecule has 0 aliphatic carbocycles. The van der Waals surface area contributed by atoms with Gasteiger partial charge >= 0.3 is 0 Å². The molecule has 0 radical (unpaired) electrons. The lowest BCUT2D eigenvalue weighted by Crippen LogP contribution is -2.39. The summed E-state index contributed by atoms with van der Waals surface area (Å²) >= 11 is 3.05. The van der Waals surface area contributed by atoms with E-state index in [1.165, 1.54) is 17.1 Å². The van der Waals surface area contributed by atoms with Crippen molar-refractivity contribution in [2.75, 3.05) is 18.4 Å². The number of benzene rings is 1. The number of aryl methyl sites for hydroxylation is 1. The van der Waals surface area contributed by atoms with Crippen LogP contribution in [0.3, 0.4) is 0 Å². The van der Waals surface area contributed by atoms with Crippen LogP contribution in [0.25, 0.3) is 11.4 Å². The Hall–Kier alpha value is -1.90. The van der Waals surface area contributed by atoms with E-state index in [0.717, 1.165) is 39.6 Å². The third-order valence-corrected chi connectivity index (χ3v) is 5.46. The number of rotatable bonds is 5. The van der Waals surface area contributed by atoms with Gasteiger partial charge in [0.25, 0.3) is 0 Å². The maximum absolute atomic E-state index is 4.55. The second-order valence-electron chi connectivity index (χ2n) is 5.54. The average Bonchev–Trinajstić information content (AvgIpc) is 3.12. The predicted molar refractivity (Wildman–Crippen MR) is 92.9 cm³/mol. The summed E-state index contributed by atoms with van der Waals surface area (Å²) in [5, 5.41) is 18.0. The lowest BCUT2D eigenvalue weighted by atomic mass is 10.1. The minimum Gasteiger partial charge on any atom is -0.354 e. The van der Waals surface area contributed by atoms with E-state index in [9.17, 15) is 0 Å². The Balaban J connectivity index is 1.40. The molecule has 2 aromatic heterocycles.